The van der Waals surface area contributed by atoms with Gasteiger partial charge in [-0.05, 0) is 26.7 Å². The lowest BCUT2D eigenvalue weighted by molar-refractivity contribution is -0.140. The van der Waals surface area contributed by atoms with Gasteiger partial charge in [0.25, 0.3) is 11.8 Å². The number of imide groups is 1. The minimum absolute atomic E-state index is 0.0229. The summed E-state index contributed by atoms with van der Waals surface area (Å²) in [6.07, 6.45) is 1.34. The lowest BCUT2D eigenvalue weighted by Gasteiger charge is -2.22. The van der Waals surface area contributed by atoms with Gasteiger partial charge in [0.2, 0.25) is 58.5 Å². The number of benzene rings is 1. The summed E-state index contributed by atoms with van der Waals surface area (Å²) in [5.74, 6) is -20.0. The van der Waals surface area contributed by atoms with E-state index in [1.165, 1.54) is 0 Å². The van der Waals surface area contributed by atoms with E-state index in [1.54, 1.807) is 7.11 Å². The number of carbonyl (C=O) groups is 7. The number of hydrogen-bond donors (Lipinski definition) is 4. The molecule has 21 nitrogen and oxygen atoms in total. The zero-order valence-electron chi connectivity index (χ0n) is 38.1. The topological polar surface area (TPSA) is 254 Å². The first kappa shape index (κ1) is 58.9. The van der Waals surface area contributed by atoms with Crippen molar-refractivity contribution in [2.24, 2.45) is 0 Å². The highest BCUT2D eigenvalue weighted by Gasteiger charge is 2.32. The van der Waals surface area contributed by atoms with Crippen LogP contribution in [0.1, 0.15) is 39.5 Å². The van der Waals surface area contributed by atoms with Gasteiger partial charge in [-0.15, -0.1) is 0 Å². The third-order valence-electron chi connectivity index (χ3n) is 9.07. The Balaban J connectivity index is 1.69. The predicted molar refractivity (Wildman–Crippen MR) is 224 cm³/mol. The normalized spacial score (nSPS) is 13.6. The van der Waals surface area contributed by atoms with E-state index >= 15 is 0 Å². The predicted octanol–water partition coefficient (Wildman–Crippen LogP) is 0.146. The van der Waals surface area contributed by atoms with E-state index in [2.05, 4.69) is 26.0 Å². The number of rotatable bonds is 38. The van der Waals surface area contributed by atoms with Crippen LogP contribution in [0.2, 0.25) is 0 Å². The molecule has 0 unspecified atom stereocenters. The monoisotopic (exact) mass is 985 g/mol. The van der Waals surface area contributed by atoms with Crippen LogP contribution in [0.4, 0.5) is 22.0 Å². The third kappa shape index (κ3) is 23.2. The summed E-state index contributed by atoms with van der Waals surface area (Å²) in [6, 6.07) is -4.63. The van der Waals surface area contributed by atoms with Crippen molar-refractivity contribution < 1.29 is 98.1 Å². The SMILES string of the molecule is COCCOCCOCCOCCOCCOCCOCCOCCNC(=O)CC[C@@H](NC(=O)CCCN1C(=O)C=CC1=O)C(=O)N[C@@H](C)C(=O)N[C@@H](C)C(=O)Oc1c(F)c(F)c(F)c(F)c1F. The van der Waals surface area contributed by atoms with Crippen molar-refractivity contribution in [3.8, 4) is 5.75 Å². The molecule has 0 radical (unpaired) electrons. The molecule has 0 spiro atoms. The Morgan fingerprint density at radius 2 is 0.971 bits per heavy atom. The van der Waals surface area contributed by atoms with Crippen molar-refractivity contribution in [1.82, 2.24) is 26.2 Å². The maximum absolute atomic E-state index is 14.0. The molecule has 3 atom stereocenters. The highest BCUT2D eigenvalue weighted by molar-refractivity contribution is 6.12. The van der Waals surface area contributed by atoms with Crippen LogP contribution in [0, 0.1) is 29.1 Å². The molecule has 0 bridgehead atoms. The van der Waals surface area contributed by atoms with Gasteiger partial charge in [-0.3, -0.25) is 33.7 Å². The van der Waals surface area contributed by atoms with Gasteiger partial charge in [-0.1, -0.05) is 0 Å². The molecule has 68 heavy (non-hydrogen) atoms. The summed E-state index contributed by atoms with van der Waals surface area (Å²) < 4.78 is 116. The molecule has 26 heteroatoms. The number of nitrogens with one attached hydrogen (secondary N) is 4. The van der Waals surface area contributed by atoms with Crippen LogP contribution in [0.15, 0.2) is 12.2 Å². The van der Waals surface area contributed by atoms with E-state index in [0.29, 0.717) is 79.3 Å². The lowest BCUT2D eigenvalue weighted by Crippen LogP contribution is -2.54. The smallest absolute Gasteiger partial charge is 0.333 e. The molecule has 0 saturated heterocycles. The van der Waals surface area contributed by atoms with E-state index in [1.807, 2.05) is 0 Å². The van der Waals surface area contributed by atoms with Gasteiger partial charge in [-0.2, -0.15) is 8.78 Å². The quantitative estimate of drug-likeness (QED) is 0.0131. The van der Waals surface area contributed by atoms with Crippen molar-refractivity contribution in [2.75, 3.05) is 119 Å². The van der Waals surface area contributed by atoms with Crippen LogP contribution in [0.25, 0.3) is 0 Å². The van der Waals surface area contributed by atoms with Gasteiger partial charge in [0.05, 0.1) is 99.1 Å². The molecule has 1 heterocycles. The van der Waals surface area contributed by atoms with Crippen LogP contribution < -0.4 is 26.0 Å². The lowest BCUT2D eigenvalue weighted by atomic mass is 10.1. The molecule has 0 fully saturated rings. The number of carbonyl (C=O) groups excluding carboxylic acids is 7. The summed E-state index contributed by atoms with van der Waals surface area (Å²) in [6.45, 7) is 7.86. The molecule has 1 aliphatic heterocycles. The zero-order chi connectivity index (χ0) is 50.3. The fourth-order valence-electron chi connectivity index (χ4n) is 5.41. The van der Waals surface area contributed by atoms with E-state index in [0.717, 1.165) is 30.9 Å². The molecule has 6 amide bonds. The first-order valence-corrected chi connectivity index (χ1v) is 21.6. The number of ether oxygens (including phenoxy) is 9. The van der Waals surface area contributed by atoms with Gasteiger partial charge in [-0.25, -0.2) is 18.0 Å². The number of halogens is 5. The molecular formula is C42H60F5N5O16. The van der Waals surface area contributed by atoms with E-state index in [9.17, 15) is 55.5 Å². The number of nitrogens with zero attached hydrogens (tertiary/aromatic N) is 1. The largest absolute Gasteiger partial charge is 0.418 e. The first-order chi connectivity index (χ1) is 32.6. The zero-order valence-corrected chi connectivity index (χ0v) is 38.1. The second-order valence-electron chi connectivity index (χ2n) is 14.3. The molecule has 0 aromatic heterocycles. The summed E-state index contributed by atoms with van der Waals surface area (Å²) in [5, 5.41) is 9.39. The summed E-state index contributed by atoms with van der Waals surface area (Å²) >= 11 is 0. The van der Waals surface area contributed by atoms with Crippen LogP contribution in [-0.2, 0) is 71.5 Å². The van der Waals surface area contributed by atoms with Gasteiger partial charge in [0.1, 0.15) is 18.1 Å². The van der Waals surface area contributed by atoms with Crippen molar-refractivity contribution in [3.63, 3.8) is 0 Å². The Labute approximate surface area is 389 Å². The van der Waals surface area contributed by atoms with Gasteiger partial charge in [0, 0.05) is 45.2 Å². The highest BCUT2D eigenvalue weighted by Crippen LogP contribution is 2.29. The third-order valence-corrected chi connectivity index (χ3v) is 9.07. The molecule has 1 aliphatic rings. The molecule has 384 valence electrons. The average Bonchev–Trinajstić information content (AvgIpc) is 3.64. The standard InChI is InChI=1S/C42H60F5N5O16/c1-27(40(57)50-28(2)42(59)68-39-37(46)35(44)34(43)36(45)38(39)47)49-41(58)29(51-31(54)5-4-11-52-32(55)8-9-33(52)56)6-7-30(53)48-10-12-61-15-16-63-19-20-65-23-24-67-26-25-66-22-21-64-18-17-62-14-13-60-3/h8-9,27-29H,4-7,10-26H2,1-3H3,(H,48,53)(H,49,58)(H,50,57)(H,51,54)/t27-,28-,29+/m0/s1. The molecule has 1 aromatic rings. The Kier molecular flexibility index (Phi) is 29.6. The number of amides is 6. The fraction of sp³-hybridized carbons (Fsp3) is 0.643. The summed E-state index contributed by atoms with van der Waals surface area (Å²) in [7, 11) is 1.61. The Morgan fingerprint density at radius 1 is 0.544 bits per heavy atom. The number of hydrogen-bond acceptors (Lipinski definition) is 16. The van der Waals surface area contributed by atoms with Crippen LogP contribution in [-0.4, -0.2) is 184 Å². The van der Waals surface area contributed by atoms with Gasteiger partial charge < -0.3 is 63.9 Å². The van der Waals surface area contributed by atoms with Gasteiger partial charge >= 0.3 is 5.97 Å². The van der Waals surface area contributed by atoms with Gasteiger partial charge in [0.15, 0.2) is 0 Å². The number of methoxy groups -OCH3 is 1. The Morgan fingerprint density at radius 3 is 1.44 bits per heavy atom. The minimum atomic E-state index is -2.48. The summed E-state index contributed by atoms with van der Waals surface area (Å²) in [4.78, 5) is 88.6. The van der Waals surface area contributed by atoms with Crippen LogP contribution >= 0.6 is 0 Å². The van der Waals surface area contributed by atoms with E-state index in [-0.39, 0.29) is 58.6 Å². The molecule has 4 N–H and O–H groups in total. The Hall–Kier alpha value is -5.22. The number of esters is 1. The summed E-state index contributed by atoms with van der Waals surface area (Å²) in [5.41, 5.74) is 0. The van der Waals surface area contributed by atoms with Crippen molar-refractivity contribution in [1.29, 1.82) is 0 Å². The molecule has 2 rings (SSSR count). The minimum Gasteiger partial charge on any atom is -0.418 e. The molecule has 1 aromatic carbocycles. The van der Waals surface area contributed by atoms with Crippen LogP contribution in [0.5, 0.6) is 5.75 Å². The second kappa shape index (κ2) is 34.1. The second-order valence-corrected chi connectivity index (χ2v) is 14.3. The molecule has 0 aliphatic carbocycles. The van der Waals surface area contributed by atoms with Crippen LogP contribution in [0.3, 0.4) is 0 Å². The maximum Gasteiger partial charge on any atom is 0.333 e. The fourth-order valence-corrected chi connectivity index (χ4v) is 5.41. The van der Waals surface area contributed by atoms with E-state index in [4.69, 9.17) is 37.9 Å². The first-order valence-electron chi connectivity index (χ1n) is 21.6. The average molecular weight is 986 g/mol. The van der Waals surface area contributed by atoms with Crippen molar-refractivity contribution in [3.05, 3.63) is 41.2 Å². The highest BCUT2D eigenvalue weighted by atomic mass is 19.2. The maximum atomic E-state index is 14.0. The Bertz CT molecular complexity index is 1770. The van der Waals surface area contributed by atoms with E-state index < -0.39 is 94.4 Å². The molecule has 0 saturated carbocycles. The molecular weight excluding hydrogens is 925 g/mol. The van der Waals surface area contributed by atoms with Crippen molar-refractivity contribution in [2.45, 2.75) is 57.7 Å². The van der Waals surface area contributed by atoms with Crippen molar-refractivity contribution >= 4 is 41.4 Å².